The lowest BCUT2D eigenvalue weighted by atomic mass is 10.1. The van der Waals surface area contributed by atoms with Gasteiger partial charge in [-0.3, -0.25) is 0 Å². The molecule has 2 rings (SSSR count). The molecule has 0 atom stereocenters. The second kappa shape index (κ2) is 4.45. The SMILES string of the molecule is Cc1ccc(CCc2nc(N)cs2)cc1. The summed E-state index contributed by atoms with van der Waals surface area (Å²) >= 11 is 1.64. The molecule has 1 aromatic heterocycles. The van der Waals surface area contributed by atoms with Crippen molar-refractivity contribution in [3.8, 4) is 0 Å². The predicted octanol–water partition coefficient (Wildman–Crippen LogP) is 2.82. The molecule has 1 heterocycles. The maximum Gasteiger partial charge on any atom is 0.134 e. The highest BCUT2D eigenvalue weighted by molar-refractivity contribution is 7.10. The zero-order valence-corrected chi connectivity index (χ0v) is 9.55. The molecule has 0 aliphatic rings. The summed E-state index contributed by atoms with van der Waals surface area (Å²) in [6.07, 6.45) is 2.01. The van der Waals surface area contributed by atoms with Gasteiger partial charge in [0.05, 0.1) is 5.01 Å². The Morgan fingerprint density at radius 3 is 2.53 bits per heavy atom. The number of anilines is 1. The minimum absolute atomic E-state index is 0.638. The molecule has 0 saturated carbocycles. The van der Waals surface area contributed by atoms with Crippen LogP contribution in [0.3, 0.4) is 0 Å². The van der Waals surface area contributed by atoms with Crippen LogP contribution in [-0.4, -0.2) is 4.98 Å². The molecule has 3 heteroatoms. The molecule has 0 aliphatic heterocycles. The van der Waals surface area contributed by atoms with Crippen LogP contribution in [0.1, 0.15) is 16.1 Å². The van der Waals surface area contributed by atoms with Crippen LogP contribution < -0.4 is 5.73 Å². The van der Waals surface area contributed by atoms with E-state index in [4.69, 9.17) is 5.73 Å². The van der Waals surface area contributed by atoms with Gasteiger partial charge in [-0.05, 0) is 18.9 Å². The fourth-order valence-corrected chi connectivity index (χ4v) is 2.13. The number of aromatic nitrogens is 1. The third-order valence-corrected chi connectivity index (χ3v) is 3.24. The molecular formula is C12H14N2S. The molecule has 2 aromatic rings. The molecule has 2 nitrogen and oxygen atoms in total. The van der Waals surface area contributed by atoms with E-state index in [-0.39, 0.29) is 0 Å². The Hall–Kier alpha value is -1.35. The van der Waals surface area contributed by atoms with Crippen LogP contribution >= 0.6 is 11.3 Å². The van der Waals surface area contributed by atoms with E-state index in [2.05, 4.69) is 36.2 Å². The molecule has 0 bridgehead atoms. The molecule has 2 N–H and O–H groups in total. The van der Waals surface area contributed by atoms with Crippen LogP contribution in [0, 0.1) is 6.92 Å². The van der Waals surface area contributed by atoms with Gasteiger partial charge in [-0.25, -0.2) is 4.98 Å². The molecule has 0 aliphatic carbocycles. The molecule has 78 valence electrons. The van der Waals surface area contributed by atoms with Gasteiger partial charge < -0.3 is 5.73 Å². The first-order valence-corrected chi connectivity index (χ1v) is 5.87. The first kappa shape index (κ1) is 10.2. The summed E-state index contributed by atoms with van der Waals surface area (Å²) in [7, 11) is 0. The van der Waals surface area contributed by atoms with Crippen LogP contribution in [0.5, 0.6) is 0 Å². The van der Waals surface area contributed by atoms with Crippen LogP contribution in [0.25, 0.3) is 0 Å². The molecule has 0 amide bonds. The Labute approximate surface area is 93.8 Å². The highest BCUT2D eigenvalue weighted by atomic mass is 32.1. The van der Waals surface area contributed by atoms with Crippen molar-refractivity contribution in [2.75, 3.05) is 5.73 Å². The molecule has 15 heavy (non-hydrogen) atoms. The van der Waals surface area contributed by atoms with Gasteiger partial charge in [0, 0.05) is 11.8 Å². The van der Waals surface area contributed by atoms with Crippen molar-refractivity contribution in [3.05, 3.63) is 45.8 Å². The van der Waals surface area contributed by atoms with E-state index in [0.717, 1.165) is 17.8 Å². The summed E-state index contributed by atoms with van der Waals surface area (Å²) in [5.74, 6) is 0.638. The molecule has 0 spiro atoms. The third kappa shape index (κ3) is 2.80. The lowest BCUT2D eigenvalue weighted by molar-refractivity contribution is 0.945. The van der Waals surface area contributed by atoms with Crippen molar-refractivity contribution in [1.29, 1.82) is 0 Å². The Balaban J connectivity index is 1.96. The lowest BCUT2D eigenvalue weighted by Gasteiger charge is -1.99. The molecule has 0 fully saturated rings. The molecule has 1 aromatic carbocycles. The smallest absolute Gasteiger partial charge is 0.134 e. The van der Waals surface area contributed by atoms with Crippen LogP contribution in [0.4, 0.5) is 5.82 Å². The number of nitrogens with two attached hydrogens (primary N) is 1. The van der Waals surface area contributed by atoms with Crippen LogP contribution in [0.2, 0.25) is 0 Å². The zero-order chi connectivity index (χ0) is 10.7. The van der Waals surface area contributed by atoms with Crippen molar-refractivity contribution in [3.63, 3.8) is 0 Å². The van der Waals surface area contributed by atoms with Crippen LogP contribution in [0.15, 0.2) is 29.6 Å². The Morgan fingerprint density at radius 1 is 1.20 bits per heavy atom. The Kier molecular flexibility index (Phi) is 3.02. The van der Waals surface area contributed by atoms with Gasteiger partial charge in [0.1, 0.15) is 5.82 Å². The largest absolute Gasteiger partial charge is 0.383 e. The van der Waals surface area contributed by atoms with E-state index >= 15 is 0 Å². The number of hydrogen-bond acceptors (Lipinski definition) is 3. The fourth-order valence-electron chi connectivity index (χ4n) is 1.45. The van der Waals surface area contributed by atoms with Crippen LogP contribution in [-0.2, 0) is 12.8 Å². The highest BCUT2D eigenvalue weighted by Gasteiger charge is 1.99. The zero-order valence-electron chi connectivity index (χ0n) is 8.73. The predicted molar refractivity (Wildman–Crippen MR) is 65.1 cm³/mol. The van der Waals surface area contributed by atoms with Gasteiger partial charge in [-0.15, -0.1) is 11.3 Å². The van der Waals surface area contributed by atoms with Crippen molar-refractivity contribution in [2.45, 2.75) is 19.8 Å². The highest BCUT2D eigenvalue weighted by Crippen LogP contribution is 2.14. The van der Waals surface area contributed by atoms with Gasteiger partial charge in [0.15, 0.2) is 0 Å². The third-order valence-electron chi connectivity index (χ3n) is 2.32. The van der Waals surface area contributed by atoms with E-state index in [1.807, 2.05) is 5.38 Å². The van der Waals surface area contributed by atoms with Crippen molar-refractivity contribution in [1.82, 2.24) is 4.98 Å². The molecular weight excluding hydrogens is 204 g/mol. The average Bonchev–Trinajstić information content (AvgIpc) is 2.64. The number of nitrogen functional groups attached to an aromatic ring is 1. The van der Waals surface area contributed by atoms with Gasteiger partial charge in [-0.2, -0.15) is 0 Å². The monoisotopic (exact) mass is 218 g/mol. The summed E-state index contributed by atoms with van der Waals surface area (Å²) in [5.41, 5.74) is 8.23. The molecule has 0 saturated heterocycles. The normalized spacial score (nSPS) is 10.5. The number of nitrogens with zero attached hydrogens (tertiary/aromatic N) is 1. The standard InChI is InChI=1S/C12H14N2S/c1-9-2-4-10(5-3-9)6-7-12-14-11(13)8-15-12/h2-5,8H,6-7,13H2,1H3. The number of thiazole rings is 1. The van der Waals surface area contributed by atoms with Gasteiger partial charge in [0.2, 0.25) is 0 Å². The Bertz CT molecular complexity index is 431. The maximum absolute atomic E-state index is 5.57. The van der Waals surface area contributed by atoms with Gasteiger partial charge in [0.25, 0.3) is 0 Å². The number of aryl methyl sites for hydroxylation is 3. The van der Waals surface area contributed by atoms with E-state index in [0.29, 0.717) is 5.82 Å². The lowest BCUT2D eigenvalue weighted by Crippen LogP contribution is -1.91. The second-order valence-corrected chi connectivity index (χ2v) is 4.59. The van der Waals surface area contributed by atoms with Crippen molar-refractivity contribution in [2.24, 2.45) is 0 Å². The minimum atomic E-state index is 0.638. The van der Waals surface area contributed by atoms with E-state index in [1.54, 1.807) is 11.3 Å². The average molecular weight is 218 g/mol. The van der Waals surface area contributed by atoms with Crippen molar-refractivity contribution >= 4 is 17.2 Å². The summed E-state index contributed by atoms with van der Waals surface area (Å²) in [6.45, 7) is 2.10. The first-order chi connectivity index (χ1) is 7.24. The molecule has 0 unspecified atom stereocenters. The fraction of sp³-hybridized carbons (Fsp3) is 0.250. The Morgan fingerprint density at radius 2 is 1.93 bits per heavy atom. The van der Waals surface area contributed by atoms with Crippen molar-refractivity contribution < 1.29 is 0 Å². The number of rotatable bonds is 3. The van der Waals surface area contributed by atoms with E-state index in [9.17, 15) is 0 Å². The summed E-state index contributed by atoms with van der Waals surface area (Å²) in [4.78, 5) is 4.24. The molecule has 0 radical (unpaired) electrons. The van der Waals surface area contributed by atoms with Gasteiger partial charge >= 0.3 is 0 Å². The maximum atomic E-state index is 5.57. The minimum Gasteiger partial charge on any atom is -0.383 e. The summed E-state index contributed by atoms with van der Waals surface area (Å²) < 4.78 is 0. The topological polar surface area (TPSA) is 38.9 Å². The van der Waals surface area contributed by atoms with E-state index < -0.39 is 0 Å². The summed E-state index contributed by atoms with van der Waals surface area (Å²) in [5, 5.41) is 3.01. The second-order valence-electron chi connectivity index (χ2n) is 3.65. The van der Waals surface area contributed by atoms with E-state index in [1.165, 1.54) is 11.1 Å². The quantitative estimate of drug-likeness (QED) is 0.860. The van der Waals surface area contributed by atoms with Gasteiger partial charge in [-0.1, -0.05) is 29.8 Å². The number of hydrogen-bond donors (Lipinski definition) is 1. The number of benzene rings is 1. The first-order valence-electron chi connectivity index (χ1n) is 4.99. The summed E-state index contributed by atoms with van der Waals surface area (Å²) in [6, 6.07) is 8.63.